The molecule has 1 atom stereocenters. The minimum atomic E-state index is -0.874. The lowest BCUT2D eigenvalue weighted by Crippen LogP contribution is -2.29. The van der Waals surface area contributed by atoms with Gasteiger partial charge in [-0.2, -0.15) is 0 Å². The molecule has 1 N–H and O–H groups in total. The van der Waals surface area contributed by atoms with E-state index in [1.54, 1.807) is 38.3 Å². The number of amides is 1. The molecular formula is C18H19NO4S. The predicted molar refractivity (Wildman–Crippen MR) is 92.8 cm³/mol. The van der Waals surface area contributed by atoms with Crippen LogP contribution in [0, 0.1) is 0 Å². The molecule has 0 unspecified atom stereocenters. The molecule has 126 valence electrons. The number of carbonyl (C=O) groups excluding carboxylic acids is 2. The third-order valence-corrected chi connectivity index (χ3v) is 5.16. The van der Waals surface area contributed by atoms with Crippen LogP contribution in [-0.4, -0.2) is 25.1 Å². The molecule has 1 aliphatic carbocycles. The van der Waals surface area contributed by atoms with Gasteiger partial charge in [0, 0.05) is 16.6 Å². The minimum absolute atomic E-state index is 0.374. The number of hydrogen-bond acceptors (Lipinski definition) is 5. The second-order valence-corrected chi connectivity index (χ2v) is 6.82. The van der Waals surface area contributed by atoms with Gasteiger partial charge in [0.25, 0.3) is 5.91 Å². The van der Waals surface area contributed by atoms with Crippen LogP contribution >= 0.6 is 11.3 Å². The standard InChI is InChI=1S/C18H19NO4S/c1-11(17(20)19-13-6-4-7-14(10-13)22-2)23-18(21)16-9-12-5-3-8-15(12)24-16/h4,6-7,9-11H,3,5,8H2,1-2H3,(H,19,20)/t11-/m1/s1. The van der Waals surface area contributed by atoms with Crippen molar-refractivity contribution in [1.82, 2.24) is 0 Å². The minimum Gasteiger partial charge on any atom is -0.497 e. The van der Waals surface area contributed by atoms with Gasteiger partial charge >= 0.3 is 5.97 Å². The number of ether oxygens (including phenoxy) is 2. The van der Waals surface area contributed by atoms with Gasteiger partial charge < -0.3 is 14.8 Å². The molecule has 0 bridgehead atoms. The molecule has 0 saturated heterocycles. The summed E-state index contributed by atoms with van der Waals surface area (Å²) >= 11 is 1.47. The zero-order valence-electron chi connectivity index (χ0n) is 13.6. The monoisotopic (exact) mass is 345 g/mol. The highest BCUT2D eigenvalue weighted by Crippen LogP contribution is 2.31. The normalized spacial score (nSPS) is 13.9. The van der Waals surface area contributed by atoms with Crippen molar-refractivity contribution in [3.63, 3.8) is 0 Å². The van der Waals surface area contributed by atoms with Gasteiger partial charge in [0.2, 0.25) is 0 Å². The van der Waals surface area contributed by atoms with Gasteiger partial charge in [-0.05, 0) is 49.9 Å². The Morgan fingerprint density at radius 3 is 2.83 bits per heavy atom. The van der Waals surface area contributed by atoms with Crippen molar-refractivity contribution in [2.45, 2.75) is 32.3 Å². The SMILES string of the molecule is COc1cccc(NC(=O)[C@@H](C)OC(=O)c2cc3c(s2)CCC3)c1. The first-order valence-corrected chi connectivity index (χ1v) is 8.66. The van der Waals surface area contributed by atoms with E-state index in [2.05, 4.69) is 5.32 Å². The smallest absolute Gasteiger partial charge is 0.349 e. The second-order valence-electron chi connectivity index (χ2n) is 5.68. The summed E-state index contributed by atoms with van der Waals surface area (Å²) < 4.78 is 10.4. The van der Waals surface area contributed by atoms with Crippen LogP contribution in [0.2, 0.25) is 0 Å². The summed E-state index contributed by atoms with van der Waals surface area (Å²) in [4.78, 5) is 26.2. The van der Waals surface area contributed by atoms with Gasteiger partial charge in [0.1, 0.15) is 10.6 Å². The van der Waals surface area contributed by atoms with E-state index in [0.29, 0.717) is 16.3 Å². The fourth-order valence-electron chi connectivity index (χ4n) is 2.65. The van der Waals surface area contributed by atoms with Gasteiger partial charge in [0.05, 0.1) is 7.11 Å². The molecular weight excluding hydrogens is 326 g/mol. The van der Waals surface area contributed by atoms with Crippen LogP contribution in [0.1, 0.15) is 33.5 Å². The van der Waals surface area contributed by atoms with E-state index in [0.717, 1.165) is 19.3 Å². The van der Waals surface area contributed by atoms with Gasteiger partial charge in [-0.15, -0.1) is 11.3 Å². The average Bonchev–Trinajstić information content (AvgIpc) is 3.16. The van der Waals surface area contributed by atoms with Crippen molar-refractivity contribution >= 4 is 28.9 Å². The number of benzene rings is 1. The highest BCUT2D eigenvalue weighted by atomic mass is 32.1. The highest BCUT2D eigenvalue weighted by molar-refractivity contribution is 7.14. The average molecular weight is 345 g/mol. The lowest BCUT2D eigenvalue weighted by molar-refractivity contribution is -0.123. The second kappa shape index (κ2) is 7.05. The number of nitrogens with one attached hydrogen (secondary N) is 1. The van der Waals surface area contributed by atoms with Crippen molar-refractivity contribution in [2.24, 2.45) is 0 Å². The van der Waals surface area contributed by atoms with Gasteiger partial charge in [-0.3, -0.25) is 4.79 Å². The van der Waals surface area contributed by atoms with Crippen LogP contribution < -0.4 is 10.1 Å². The Hall–Kier alpha value is -2.34. The summed E-state index contributed by atoms with van der Waals surface area (Å²) in [7, 11) is 1.56. The number of methoxy groups -OCH3 is 1. The third-order valence-electron chi connectivity index (χ3n) is 3.94. The Labute approximate surface area is 144 Å². The number of hydrogen-bond donors (Lipinski definition) is 1. The summed E-state index contributed by atoms with van der Waals surface area (Å²) in [6.07, 6.45) is 2.32. The zero-order valence-corrected chi connectivity index (χ0v) is 14.4. The first-order valence-electron chi connectivity index (χ1n) is 7.84. The van der Waals surface area contributed by atoms with E-state index in [1.807, 2.05) is 6.07 Å². The van der Waals surface area contributed by atoms with Crippen molar-refractivity contribution in [3.8, 4) is 5.75 Å². The topological polar surface area (TPSA) is 64.6 Å². The Morgan fingerprint density at radius 2 is 2.08 bits per heavy atom. The van der Waals surface area contributed by atoms with E-state index in [1.165, 1.54) is 21.8 Å². The van der Waals surface area contributed by atoms with Crippen molar-refractivity contribution in [3.05, 3.63) is 45.6 Å². The lowest BCUT2D eigenvalue weighted by atomic mass is 10.2. The fourth-order valence-corrected chi connectivity index (χ4v) is 3.78. The van der Waals surface area contributed by atoms with Crippen LogP contribution in [0.4, 0.5) is 5.69 Å². The van der Waals surface area contributed by atoms with Gasteiger partial charge in [0.15, 0.2) is 6.10 Å². The molecule has 3 rings (SSSR count). The van der Waals surface area contributed by atoms with E-state index in [-0.39, 0.29) is 5.91 Å². The number of anilines is 1. The predicted octanol–water partition coefficient (Wildman–Crippen LogP) is 3.43. The molecule has 2 aromatic rings. The summed E-state index contributed by atoms with van der Waals surface area (Å²) in [6.45, 7) is 1.56. The van der Waals surface area contributed by atoms with E-state index in [9.17, 15) is 9.59 Å². The van der Waals surface area contributed by atoms with Gasteiger partial charge in [-0.25, -0.2) is 4.79 Å². The number of esters is 1. The van der Waals surface area contributed by atoms with Gasteiger partial charge in [-0.1, -0.05) is 6.07 Å². The molecule has 1 aromatic heterocycles. The van der Waals surface area contributed by atoms with E-state index < -0.39 is 12.1 Å². The molecule has 0 saturated carbocycles. The van der Waals surface area contributed by atoms with E-state index in [4.69, 9.17) is 9.47 Å². The van der Waals surface area contributed by atoms with Crippen LogP contribution in [0.15, 0.2) is 30.3 Å². The maximum absolute atomic E-state index is 12.2. The Morgan fingerprint density at radius 1 is 1.25 bits per heavy atom. The largest absolute Gasteiger partial charge is 0.497 e. The maximum Gasteiger partial charge on any atom is 0.349 e. The maximum atomic E-state index is 12.2. The lowest BCUT2D eigenvalue weighted by Gasteiger charge is -2.13. The number of aryl methyl sites for hydroxylation is 2. The van der Waals surface area contributed by atoms with Crippen LogP contribution in [-0.2, 0) is 22.4 Å². The molecule has 6 heteroatoms. The van der Waals surface area contributed by atoms with Crippen molar-refractivity contribution in [1.29, 1.82) is 0 Å². The molecule has 0 radical (unpaired) electrons. The summed E-state index contributed by atoms with van der Waals surface area (Å²) in [5.41, 5.74) is 1.83. The quantitative estimate of drug-likeness (QED) is 0.843. The number of fused-ring (bicyclic) bond motifs is 1. The molecule has 0 aliphatic heterocycles. The Balaban J connectivity index is 1.59. The summed E-state index contributed by atoms with van der Waals surface area (Å²) in [5, 5.41) is 2.72. The van der Waals surface area contributed by atoms with Crippen LogP contribution in [0.25, 0.3) is 0 Å². The van der Waals surface area contributed by atoms with E-state index >= 15 is 0 Å². The number of rotatable bonds is 5. The third kappa shape index (κ3) is 3.59. The van der Waals surface area contributed by atoms with Crippen LogP contribution in [0.5, 0.6) is 5.75 Å². The molecule has 1 heterocycles. The molecule has 1 aromatic carbocycles. The highest BCUT2D eigenvalue weighted by Gasteiger charge is 2.23. The summed E-state index contributed by atoms with van der Waals surface area (Å²) in [6, 6.07) is 8.91. The number of carbonyl (C=O) groups is 2. The Kier molecular flexibility index (Phi) is 4.85. The van der Waals surface area contributed by atoms with Crippen molar-refractivity contribution in [2.75, 3.05) is 12.4 Å². The fraction of sp³-hybridized carbons (Fsp3) is 0.333. The molecule has 5 nitrogen and oxygen atoms in total. The van der Waals surface area contributed by atoms with Crippen LogP contribution in [0.3, 0.4) is 0 Å². The first-order chi connectivity index (χ1) is 11.6. The molecule has 0 fully saturated rings. The molecule has 0 spiro atoms. The molecule has 1 amide bonds. The summed E-state index contributed by atoms with van der Waals surface area (Å²) in [5.74, 6) is -0.172. The number of thiophene rings is 1. The molecule has 24 heavy (non-hydrogen) atoms. The molecule has 1 aliphatic rings. The zero-order chi connectivity index (χ0) is 17.1. The Bertz CT molecular complexity index is 747. The van der Waals surface area contributed by atoms with Crippen molar-refractivity contribution < 1.29 is 19.1 Å². The first kappa shape index (κ1) is 16.5.